The zero-order valence-corrected chi connectivity index (χ0v) is 16.0. The normalized spacial score (nSPS) is 11.7. The molecule has 0 aliphatic heterocycles. The van der Waals surface area contributed by atoms with Gasteiger partial charge in [-0.3, -0.25) is 9.13 Å². The molecule has 2 heterocycles. The maximum atomic E-state index is 12.7. The van der Waals surface area contributed by atoms with E-state index in [9.17, 15) is 4.79 Å². The van der Waals surface area contributed by atoms with Gasteiger partial charge in [-0.1, -0.05) is 32.9 Å². The quantitative estimate of drug-likeness (QED) is 0.667. The molecule has 26 heavy (non-hydrogen) atoms. The van der Waals surface area contributed by atoms with Crippen molar-refractivity contribution < 1.29 is 0 Å². The predicted molar refractivity (Wildman–Crippen MR) is 105 cm³/mol. The predicted octanol–water partition coefficient (Wildman–Crippen LogP) is 4.18. The lowest BCUT2D eigenvalue weighted by atomic mass is 9.97. The molecule has 0 N–H and O–H groups in total. The fraction of sp³-hybridized carbons (Fsp3) is 0.381. The summed E-state index contributed by atoms with van der Waals surface area (Å²) in [6.07, 6.45) is 0. The number of imidazole rings is 1. The van der Waals surface area contributed by atoms with Crippen molar-refractivity contribution in [3.63, 3.8) is 0 Å². The molecule has 5 nitrogen and oxygen atoms in total. The molecule has 0 aliphatic rings. The monoisotopic (exact) mass is 348 g/mol. The Kier molecular flexibility index (Phi) is 4.45. The van der Waals surface area contributed by atoms with Crippen LogP contribution in [0.2, 0.25) is 0 Å². The lowest BCUT2D eigenvalue weighted by Gasteiger charge is -2.18. The summed E-state index contributed by atoms with van der Waals surface area (Å²) in [7, 11) is 1.77. The van der Waals surface area contributed by atoms with Gasteiger partial charge in [-0.2, -0.15) is 0 Å². The van der Waals surface area contributed by atoms with E-state index in [-0.39, 0.29) is 11.1 Å². The van der Waals surface area contributed by atoms with Gasteiger partial charge in [0.05, 0.1) is 11.2 Å². The van der Waals surface area contributed by atoms with Gasteiger partial charge in [-0.05, 0) is 36.1 Å². The summed E-state index contributed by atoms with van der Waals surface area (Å²) in [4.78, 5) is 20.9. The van der Waals surface area contributed by atoms with E-state index in [1.165, 1.54) is 0 Å². The van der Waals surface area contributed by atoms with Gasteiger partial charge in [0.25, 0.3) is 0 Å². The van der Waals surface area contributed by atoms with Crippen molar-refractivity contribution in [1.82, 2.24) is 14.1 Å². The lowest BCUT2D eigenvalue weighted by molar-refractivity contribution is 0.342. The molecule has 0 spiro atoms. The molecule has 0 atom stereocenters. The first-order chi connectivity index (χ1) is 12.2. The number of aryl methyl sites for hydroxylation is 2. The molecule has 134 valence electrons. The number of hydrogen-bond donors (Lipinski definition) is 0. The van der Waals surface area contributed by atoms with Crippen LogP contribution in [0.25, 0.3) is 27.3 Å². The zero-order valence-electron chi connectivity index (χ0n) is 16.0. The first-order valence-electron chi connectivity index (χ1n) is 8.70. The average molecular weight is 348 g/mol. The Hall–Kier alpha value is -2.87. The summed E-state index contributed by atoms with van der Waals surface area (Å²) in [5.41, 5.74) is 5.40. The molecule has 2 aromatic heterocycles. The Morgan fingerprint density at radius 2 is 1.92 bits per heavy atom. The van der Waals surface area contributed by atoms with E-state index in [0.717, 1.165) is 27.9 Å². The van der Waals surface area contributed by atoms with Gasteiger partial charge in [0.15, 0.2) is 5.65 Å². The molecule has 0 unspecified atom stereocenters. The Bertz CT molecular complexity index is 1070. The van der Waals surface area contributed by atoms with Crippen molar-refractivity contribution in [2.75, 3.05) is 0 Å². The van der Waals surface area contributed by atoms with E-state index >= 15 is 0 Å². The third kappa shape index (κ3) is 3.28. The number of pyridine rings is 1. The van der Waals surface area contributed by atoms with Gasteiger partial charge in [0.2, 0.25) is 6.54 Å². The summed E-state index contributed by atoms with van der Waals surface area (Å²) in [5.74, 6) is 0. The van der Waals surface area contributed by atoms with E-state index < -0.39 is 0 Å². The third-order valence-electron chi connectivity index (χ3n) is 4.45. The van der Waals surface area contributed by atoms with Crippen LogP contribution >= 0.6 is 0 Å². The van der Waals surface area contributed by atoms with E-state index in [0.29, 0.717) is 18.7 Å². The fourth-order valence-electron chi connectivity index (χ4n) is 3.19. The standard InChI is InChI=1S/C21H24N4O/c1-14-7-8-15(12-22-5)11-16(14)17-9-10-18-19(23-17)24(6)20(26)25(18)13-21(2,3)4/h7-11H,12-13H2,1-4,6H3. The minimum atomic E-state index is -0.0435. The van der Waals surface area contributed by atoms with Crippen molar-refractivity contribution in [2.45, 2.75) is 40.8 Å². The highest BCUT2D eigenvalue weighted by atomic mass is 16.1. The van der Waals surface area contributed by atoms with Gasteiger partial charge in [-0.15, -0.1) is 0 Å². The first-order valence-corrected chi connectivity index (χ1v) is 8.70. The number of fused-ring (bicyclic) bond motifs is 1. The van der Waals surface area contributed by atoms with Crippen molar-refractivity contribution in [1.29, 1.82) is 0 Å². The maximum Gasteiger partial charge on any atom is 0.330 e. The van der Waals surface area contributed by atoms with Crippen molar-refractivity contribution in [3.8, 4) is 11.3 Å². The summed E-state index contributed by atoms with van der Waals surface area (Å²) >= 11 is 0. The van der Waals surface area contributed by atoms with Crippen LogP contribution in [0, 0.1) is 18.9 Å². The molecule has 3 aromatic rings. The zero-order chi connectivity index (χ0) is 19.1. The van der Waals surface area contributed by atoms with E-state index in [4.69, 9.17) is 11.6 Å². The molecular weight excluding hydrogens is 324 g/mol. The second-order valence-corrected chi connectivity index (χ2v) is 7.99. The Morgan fingerprint density at radius 1 is 1.19 bits per heavy atom. The van der Waals surface area contributed by atoms with Crippen LogP contribution in [0.4, 0.5) is 0 Å². The van der Waals surface area contributed by atoms with Crippen LogP contribution in [0.5, 0.6) is 0 Å². The topological polar surface area (TPSA) is 44.2 Å². The number of nitrogens with zero attached hydrogens (tertiary/aromatic N) is 4. The molecule has 0 bridgehead atoms. The average Bonchev–Trinajstić information content (AvgIpc) is 2.80. The second kappa shape index (κ2) is 6.45. The van der Waals surface area contributed by atoms with E-state index in [2.05, 4.69) is 25.6 Å². The fourth-order valence-corrected chi connectivity index (χ4v) is 3.19. The largest absolute Gasteiger partial charge is 0.330 e. The minimum absolute atomic E-state index is 0.00145. The van der Waals surface area contributed by atoms with Crippen LogP contribution in [0.15, 0.2) is 35.1 Å². The summed E-state index contributed by atoms with van der Waals surface area (Å²) in [6, 6.07) is 9.96. The highest BCUT2D eigenvalue weighted by Gasteiger charge is 2.19. The van der Waals surface area contributed by atoms with Crippen molar-refractivity contribution in [2.24, 2.45) is 12.5 Å². The molecule has 0 radical (unpaired) electrons. The molecule has 5 heteroatoms. The third-order valence-corrected chi connectivity index (χ3v) is 4.45. The number of rotatable bonds is 3. The lowest BCUT2D eigenvalue weighted by Crippen LogP contribution is -2.27. The van der Waals surface area contributed by atoms with Gasteiger partial charge in [0.1, 0.15) is 0 Å². The molecule has 1 aromatic carbocycles. The Labute approximate surface area is 153 Å². The number of aromatic nitrogens is 3. The van der Waals surface area contributed by atoms with Gasteiger partial charge in [0, 0.05) is 24.7 Å². The van der Waals surface area contributed by atoms with Crippen LogP contribution < -0.4 is 5.69 Å². The smallest absolute Gasteiger partial charge is 0.312 e. The van der Waals surface area contributed by atoms with Crippen LogP contribution in [-0.2, 0) is 20.1 Å². The van der Waals surface area contributed by atoms with Gasteiger partial charge in [-0.25, -0.2) is 16.4 Å². The second-order valence-electron chi connectivity index (χ2n) is 7.99. The van der Waals surface area contributed by atoms with Crippen LogP contribution in [0.1, 0.15) is 31.9 Å². The van der Waals surface area contributed by atoms with Gasteiger partial charge < -0.3 is 4.85 Å². The minimum Gasteiger partial charge on any atom is -0.312 e. The Morgan fingerprint density at radius 3 is 2.58 bits per heavy atom. The molecule has 0 fully saturated rings. The molecule has 3 rings (SSSR count). The maximum absolute atomic E-state index is 12.7. The van der Waals surface area contributed by atoms with Crippen LogP contribution in [-0.4, -0.2) is 14.1 Å². The highest BCUT2D eigenvalue weighted by molar-refractivity contribution is 5.77. The molecule has 0 saturated heterocycles. The summed E-state index contributed by atoms with van der Waals surface area (Å²) in [6.45, 7) is 16.5. The summed E-state index contributed by atoms with van der Waals surface area (Å²) < 4.78 is 3.41. The van der Waals surface area contributed by atoms with Gasteiger partial charge >= 0.3 is 5.69 Å². The van der Waals surface area contributed by atoms with E-state index in [1.807, 2.05) is 37.3 Å². The van der Waals surface area contributed by atoms with Crippen molar-refractivity contribution in [3.05, 3.63) is 63.4 Å². The summed E-state index contributed by atoms with van der Waals surface area (Å²) in [5, 5.41) is 0. The van der Waals surface area contributed by atoms with Crippen molar-refractivity contribution >= 4 is 11.2 Å². The van der Waals surface area contributed by atoms with Crippen LogP contribution in [0.3, 0.4) is 0 Å². The number of hydrogen-bond acceptors (Lipinski definition) is 2. The molecule has 0 saturated carbocycles. The molecule has 0 amide bonds. The molecular formula is C21H24N4O. The van der Waals surface area contributed by atoms with E-state index in [1.54, 1.807) is 16.2 Å². The first kappa shape index (κ1) is 17.9. The SMILES string of the molecule is [C-]#[N+]Cc1ccc(C)c(-c2ccc3c(n2)n(C)c(=O)n3CC(C)(C)C)c1. The Balaban J connectivity index is 2.17. The molecule has 0 aliphatic carbocycles. The number of benzene rings is 1. The highest BCUT2D eigenvalue weighted by Crippen LogP contribution is 2.26.